The number of hydrogen-bond donors (Lipinski definition) is 0. The maximum absolute atomic E-state index is 11.2. The van der Waals surface area contributed by atoms with Crippen molar-refractivity contribution in [3.05, 3.63) is 0 Å². The van der Waals surface area contributed by atoms with Crippen LogP contribution in [-0.2, 0) is 0 Å². The fourth-order valence-corrected chi connectivity index (χ4v) is 0.144. The second kappa shape index (κ2) is 3.48. The van der Waals surface area contributed by atoms with Crippen molar-refractivity contribution in [3.8, 4) is 0 Å². The van der Waals surface area contributed by atoms with E-state index in [0.717, 1.165) is 0 Å². The highest BCUT2D eigenvalue weighted by Gasteiger charge is 2.50. The molecule has 0 heterocycles. The molecule has 1 nitrogen and oxygen atoms in total. The van der Waals surface area contributed by atoms with Crippen molar-refractivity contribution in [2.45, 2.75) is 12.6 Å². The molecule has 0 rings (SSSR count). The van der Waals surface area contributed by atoms with E-state index in [1.54, 1.807) is 0 Å². The second-order valence-corrected chi connectivity index (χ2v) is 1.49. The summed E-state index contributed by atoms with van der Waals surface area (Å²) in [5.74, 6) is 0. The largest absolute Gasteiger partial charge is 0.466 e. The summed E-state index contributed by atoms with van der Waals surface area (Å²) in [6, 6.07) is 0. The number of halogens is 7. The minimum atomic E-state index is -5.35. The molecular formula is C3H4ClF6N. The Labute approximate surface area is 64.4 Å². The summed E-state index contributed by atoms with van der Waals surface area (Å²) in [6.45, 7) is 0. The average Bonchev–Trinajstić information content (AvgIpc) is 1.59. The highest BCUT2D eigenvalue weighted by Crippen LogP contribution is 2.30. The van der Waals surface area contributed by atoms with E-state index >= 15 is 0 Å². The first kappa shape index (κ1) is 13.4. The zero-order valence-corrected chi connectivity index (χ0v) is 5.94. The molecule has 0 unspecified atom stereocenters. The number of alkyl halides is 6. The Bertz CT molecular complexity index is 102. The molecule has 0 aliphatic rings. The van der Waals surface area contributed by atoms with Crippen LogP contribution in [0.15, 0.2) is 0 Å². The molecule has 0 aliphatic heterocycles. The lowest BCUT2D eigenvalue weighted by Crippen LogP contribution is -2.44. The van der Waals surface area contributed by atoms with Crippen molar-refractivity contribution < 1.29 is 26.3 Å². The molecule has 0 bridgehead atoms. The normalized spacial score (nSPS) is 13.1. The van der Waals surface area contributed by atoms with Crippen LogP contribution in [0.1, 0.15) is 0 Å². The van der Waals surface area contributed by atoms with Gasteiger partial charge in [0.05, 0.1) is 0 Å². The van der Waals surface area contributed by atoms with Crippen LogP contribution in [0.2, 0.25) is 0 Å². The summed E-state index contributed by atoms with van der Waals surface area (Å²) in [6.07, 6.45) is -10.7. The summed E-state index contributed by atoms with van der Waals surface area (Å²) >= 11 is 0. The molecule has 0 aromatic heterocycles. The highest BCUT2D eigenvalue weighted by molar-refractivity contribution is 5.85. The number of rotatable bonds is 0. The minimum absolute atomic E-state index is 0. The minimum Gasteiger partial charge on any atom is -0.155 e. The second-order valence-electron chi connectivity index (χ2n) is 1.49. The van der Waals surface area contributed by atoms with Crippen molar-refractivity contribution in [1.29, 1.82) is 0 Å². The highest BCUT2D eigenvalue weighted by atomic mass is 35.5. The summed E-state index contributed by atoms with van der Waals surface area (Å²) in [5, 5.41) is 0. The molecule has 0 radical (unpaired) electrons. The van der Waals surface area contributed by atoms with E-state index in [2.05, 4.69) is 0 Å². The molecule has 0 fully saturated rings. The van der Waals surface area contributed by atoms with Gasteiger partial charge in [-0.3, -0.25) is 0 Å². The summed E-state index contributed by atoms with van der Waals surface area (Å²) < 4.78 is 66.9. The monoisotopic (exact) mass is 203 g/mol. The van der Waals surface area contributed by atoms with Gasteiger partial charge in [0.1, 0.15) is 0 Å². The Morgan fingerprint density at radius 2 is 1.00 bits per heavy atom. The van der Waals surface area contributed by atoms with Crippen molar-refractivity contribution in [1.82, 2.24) is 4.90 Å². The third-order valence-corrected chi connectivity index (χ3v) is 0.761. The van der Waals surface area contributed by atoms with Gasteiger partial charge >= 0.3 is 12.6 Å². The van der Waals surface area contributed by atoms with Crippen LogP contribution >= 0.6 is 12.4 Å². The topological polar surface area (TPSA) is 3.24 Å². The number of nitrogens with zero attached hydrogens (tertiary/aromatic N) is 1. The maximum atomic E-state index is 11.2. The van der Waals surface area contributed by atoms with Crippen molar-refractivity contribution in [2.75, 3.05) is 7.05 Å². The van der Waals surface area contributed by atoms with E-state index in [0.29, 0.717) is 0 Å². The Kier molecular flexibility index (Phi) is 4.25. The van der Waals surface area contributed by atoms with Gasteiger partial charge in [-0.1, -0.05) is 0 Å². The van der Waals surface area contributed by atoms with Crippen molar-refractivity contribution in [2.24, 2.45) is 0 Å². The average molecular weight is 204 g/mol. The van der Waals surface area contributed by atoms with Crippen LogP contribution in [0.25, 0.3) is 0 Å². The van der Waals surface area contributed by atoms with Gasteiger partial charge < -0.3 is 0 Å². The lowest BCUT2D eigenvalue weighted by Gasteiger charge is -2.21. The van der Waals surface area contributed by atoms with Gasteiger partial charge in [-0.05, 0) is 0 Å². The van der Waals surface area contributed by atoms with Crippen molar-refractivity contribution in [3.63, 3.8) is 0 Å². The van der Waals surface area contributed by atoms with Crippen molar-refractivity contribution >= 4 is 12.4 Å². The summed E-state index contributed by atoms with van der Waals surface area (Å²) in [7, 11) is -0.0833. The molecule has 8 heteroatoms. The first-order valence-corrected chi connectivity index (χ1v) is 2.03. The van der Waals surface area contributed by atoms with Crippen LogP contribution < -0.4 is 0 Å². The fourth-order valence-electron chi connectivity index (χ4n) is 0.144. The van der Waals surface area contributed by atoms with Gasteiger partial charge in [0.2, 0.25) is 0 Å². The number of hydrogen-bond acceptors (Lipinski definition) is 1. The lowest BCUT2D eigenvalue weighted by atomic mass is 10.8. The van der Waals surface area contributed by atoms with Crippen LogP contribution in [0.3, 0.4) is 0 Å². The Morgan fingerprint density at radius 3 is 1.00 bits per heavy atom. The molecule has 70 valence electrons. The third-order valence-electron chi connectivity index (χ3n) is 0.761. The Hall–Kier alpha value is -0.170. The van der Waals surface area contributed by atoms with Crippen LogP contribution in [0.5, 0.6) is 0 Å². The van der Waals surface area contributed by atoms with E-state index in [1.165, 1.54) is 0 Å². The molecule has 0 spiro atoms. The van der Waals surface area contributed by atoms with Gasteiger partial charge in [0, 0.05) is 7.05 Å². The molecular weight excluding hydrogens is 199 g/mol. The molecule has 0 atom stereocenters. The molecule has 0 amide bonds. The lowest BCUT2D eigenvalue weighted by molar-refractivity contribution is -0.363. The molecule has 0 N–H and O–H groups in total. The first-order chi connectivity index (χ1) is 4.15. The SMILES string of the molecule is CN(C(F)(F)F)C(F)(F)F.Cl. The predicted octanol–water partition coefficient (Wildman–Crippen LogP) is 2.38. The predicted molar refractivity (Wildman–Crippen MR) is 27.1 cm³/mol. The molecule has 0 aromatic carbocycles. The van der Waals surface area contributed by atoms with E-state index in [9.17, 15) is 26.3 Å². The zero-order valence-electron chi connectivity index (χ0n) is 5.12. The molecule has 0 aliphatic carbocycles. The molecule has 0 saturated heterocycles. The zero-order chi connectivity index (χ0) is 8.58. The molecule has 11 heavy (non-hydrogen) atoms. The maximum Gasteiger partial charge on any atom is 0.466 e. The molecule has 0 aromatic rings. The van der Waals surface area contributed by atoms with Crippen LogP contribution in [0.4, 0.5) is 26.3 Å². The van der Waals surface area contributed by atoms with E-state index < -0.39 is 17.5 Å². The van der Waals surface area contributed by atoms with Crippen LogP contribution in [0, 0.1) is 0 Å². The van der Waals surface area contributed by atoms with Gasteiger partial charge in [-0.15, -0.1) is 17.3 Å². The fraction of sp³-hybridized carbons (Fsp3) is 1.00. The standard InChI is InChI=1S/C3H3F6N.ClH/c1-10(2(4,5)6)3(7,8)9;/h1H3;1H. The summed E-state index contributed by atoms with van der Waals surface area (Å²) in [5.41, 5.74) is 0. The Morgan fingerprint density at radius 1 is 0.818 bits per heavy atom. The molecule has 0 saturated carbocycles. The van der Waals surface area contributed by atoms with Gasteiger partial charge in [-0.25, -0.2) is 0 Å². The Balaban J connectivity index is 0. The first-order valence-electron chi connectivity index (χ1n) is 2.03. The van der Waals surface area contributed by atoms with Gasteiger partial charge in [0.25, 0.3) is 0 Å². The smallest absolute Gasteiger partial charge is 0.155 e. The van der Waals surface area contributed by atoms with Crippen LogP contribution in [-0.4, -0.2) is 24.5 Å². The van der Waals surface area contributed by atoms with Gasteiger partial charge in [0.15, 0.2) is 0 Å². The third kappa shape index (κ3) is 4.31. The van der Waals surface area contributed by atoms with E-state index in [4.69, 9.17) is 0 Å². The summed E-state index contributed by atoms with van der Waals surface area (Å²) in [4.78, 5) is -1.62. The van der Waals surface area contributed by atoms with E-state index in [1.807, 2.05) is 0 Å². The van der Waals surface area contributed by atoms with E-state index in [-0.39, 0.29) is 19.5 Å². The quantitative estimate of drug-likeness (QED) is 0.432. The van der Waals surface area contributed by atoms with Gasteiger partial charge in [-0.2, -0.15) is 26.3 Å².